The molecule has 0 aliphatic rings. The molecule has 0 saturated carbocycles. The largest absolute Gasteiger partial charge is 0.398 e. The van der Waals surface area contributed by atoms with Gasteiger partial charge in [-0.1, -0.05) is 26.0 Å². The lowest BCUT2D eigenvalue weighted by molar-refractivity contribution is 0.1000. The van der Waals surface area contributed by atoms with E-state index in [0.29, 0.717) is 11.3 Å². The first-order chi connectivity index (χ1) is 8.09. The molecule has 0 aliphatic carbocycles. The maximum atomic E-state index is 11.1. The maximum absolute atomic E-state index is 11.1. The Morgan fingerprint density at radius 1 is 1.18 bits per heavy atom. The summed E-state index contributed by atoms with van der Waals surface area (Å²) in [6.07, 6.45) is 0. The molecule has 4 N–H and O–H groups in total. The van der Waals surface area contributed by atoms with E-state index in [1.807, 2.05) is 45.0 Å². The molecule has 0 unspecified atom stereocenters. The number of benzene rings is 2. The summed E-state index contributed by atoms with van der Waals surface area (Å²) in [4.78, 5) is 11.1. The van der Waals surface area contributed by atoms with Crippen LogP contribution >= 0.6 is 0 Å². The summed E-state index contributed by atoms with van der Waals surface area (Å²) < 4.78 is 0. The van der Waals surface area contributed by atoms with Crippen LogP contribution in [0.1, 0.15) is 29.8 Å². The van der Waals surface area contributed by atoms with Gasteiger partial charge in [-0.3, -0.25) is 4.79 Å². The van der Waals surface area contributed by atoms with Crippen LogP contribution in [0.25, 0.3) is 10.8 Å². The van der Waals surface area contributed by atoms with E-state index in [4.69, 9.17) is 11.5 Å². The number of primary amides is 1. The molecule has 0 aliphatic heterocycles. The van der Waals surface area contributed by atoms with Crippen molar-refractivity contribution in [3.8, 4) is 0 Å². The van der Waals surface area contributed by atoms with Crippen LogP contribution in [0.15, 0.2) is 30.3 Å². The molecule has 0 saturated heterocycles. The second-order valence-corrected chi connectivity index (χ2v) is 3.60. The number of fused-ring (bicyclic) bond motifs is 1. The predicted molar refractivity (Wildman–Crippen MR) is 73.0 cm³/mol. The van der Waals surface area contributed by atoms with Gasteiger partial charge in [0.2, 0.25) is 5.91 Å². The Morgan fingerprint density at radius 2 is 1.82 bits per heavy atom. The van der Waals surface area contributed by atoms with Crippen molar-refractivity contribution in [3.63, 3.8) is 0 Å². The van der Waals surface area contributed by atoms with Gasteiger partial charge in [0.1, 0.15) is 0 Å². The molecule has 0 bridgehead atoms. The van der Waals surface area contributed by atoms with Gasteiger partial charge < -0.3 is 11.5 Å². The molecule has 0 heterocycles. The third-order valence-electron chi connectivity index (χ3n) is 2.52. The highest BCUT2D eigenvalue weighted by Gasteiger charge is 2.07. The maximum Gasteiger partial charge on any atom is 0.248 e. The van der Waals surface area contributed by atoms with Crippen LogP contribution in [-0.4, -0.2) is 5.91 Å². The normalized spacial score (nSPS) is 9.59. The average molecular weight is 230 g/mol. The first-order valence-electron chi connectivity index (χ1n) is 5.68. The van der Waals surface area contributed by atoms with Crippen molar-refractivity contribution in [1.82, 2.24) is 0 Å². The van der Waals surface area contributed by atoms with Crippen LogP contribution in [-0.2, 0) is 0 Å². The fourth-order valence-electron chi connectivity index (χ4n) is 1.72. The quantitative estimate of drug-likeness (QED) is 0.739. The summed E-state index contributed by atoms with van der Waals surface area (Å²) in [5.41, 5.74) is 13.2. The number of hydrogen-bond donors (Lipinski definition) is 2. The minimum absolute atomic E-state index is 0.406. The summed E-state index contributed by atoms with van der Waals surface area (Å²) in [6, 6.07) is 9.29. The van der Waals surface area contributed by atoms with Gasteiger partial charge in [0.15, 0.2) is 0 Å². The lowest BCUT2D eigenvalue weighted by Crippen LogP contribution is -2.12. The fourth-order valence-corrected chi connectivity index (χ4v) is 1.72. The molecular formula is C14H18N2O. The van der Waals surface area contributed by atoms with E-state index in [-0.39, 0.29) is 0 Å². The molecule has 2 rings (SSSR count). The van der Waals surface area contributed by atoms with Crippen LogP contribution in [0.2, 0.25) is 0 Å². The lowest BCUT2D eigenvalue weighted by Gasteiger charge is -2.06. The topological polar surface area (TPSA) is 69.1 Å². The van der Waals surface area contributed by atoms with E-state index < -0.39 is 5.91 Å². The standard InChI is InChI=1S/C12H12N2O.C2H6/c1-7-5-10-8(3-2-4-11(10)13)6-9(7)12(14)15;1-2/h2-6H,13H2,1H3,(H2,14,15);1-2H3. The molecule has 17 heavy (non-hydrogen) atoms. The summed E-state index contributed by atoms with van der Waals surface area (Å²) >= 11 is 0. The van der Waals surface area contributed by atoms with Gasteiger partial charge in [0.25, 0.3) is 0 Å². The Kier molecular flexibility index (Phi) is 4.10. The van der Waals surface area contributed by atoms with Crippen LogP contribution in [0.4, 0.5) is 5.69 Å². The molecule has 0 atom stereocenters. The summed E-state index contributed by atoms with van der Waals surface area (Å²) in [7, 11) is 0. The summed E-state index contributed by atoms with van der Waals surface area (Å²) in [5, 5.41) is 1.90. The number of aryl methyl sites for hydroxylation is 1. The second-order valence-electron chi connectivity index (χ2n) is 3.60. The van der Waals surface area contributed by atoms with Gasteiger partial charge in [0, 0.05) is 16.6 Å². The average Bonchev–Trinajstić information content (AvgIpc) is 2.32. The Labute approximate surface area is 101 Å². The van der Waals surface area contributed by atoms with E-state index in [1.165, 1.54) is 0 Å². The number of carbonyl (C=O) groups excluding carboxylic acids is 1. The third kappa shape index (κ3) is 2.56. The number of anilines is 1. The molecular weight excluding hydrogens is 212 g/mol. The minimum atomic E-state index is -0.406. The Morgan fingerprint density at radius 3 is 2.41 bits per heavy atom. The van der Waals surface area contributed by atoms with Crippen molar-refractivity contribution in [3.05, 3.63) is 41.5 Å². The fraction of sp³-hybridized carbons (Fsp3) is 0.214. The van der Waals surface area contributed by atoms with E-state index in [1.54, 1.807) is 6.07 Å². The van der Waals surface area contributed by atoms with E-state index >= 15 is 0 Å². The van der Waals surface area contributed by atoms with E-state index in [2.05, 4.69) is 0 Å². The number of amides is 1. The minimum Gasteiger partial charge on any atom is -0.398 e. The molecule has 0 fully saturated rings. The zero-order valence-electron chi connectivity index (χ0n) is 10.4. The smallest absolute Gasteiger partial charge is 0.248 e. The van der Waals surface area contributed by atoms with Crippen molar-refractivity contribution in [1.29, 1.82) is 0 Å². The lowest BCUT2D eigenvalue weighted by atomic mass is 10.0. The third-order valence-corrected chi connectivity index (χ3v) is 2.52. The van der Waals surface area contributed by atoms with Gasteiger partial charge in [-0.15, -0.1) is 0 Å². The van der Waals surface area contributed by atoms with Gasteiger partial charge in [-0.25, -0.2) is 0 Å². The Bertz CT molecular complexity index is 547. The highest BCUT2D eigenvalue weighted by molar-refractivity contribution is 6.02. The molecule has 3 nitrogen and oxygen atoms in total. The van der Waals surface area contributed by atoms with Crippen molar-refractivity contribution < 1.29 is 4.79 Å². The zero-order valence-corrected chi connectivity index (χ0v) is 10.4. The Balaban J connectivity index is 0.000000686. The summed E-state index contributed by atoms with van der Waals surface area (Å²) in [5.74, 6) is -0.406. The molecule has 1 amide bonds. The number of nitrogen functional groups attached to an aromatic ring is 1. The molecule has 90 valence electrons. The summed E-state index contributed by atoms with van der Waals surface area (Å²) in [6.45, 7) is 5.85. The van der Waals surface area contributed by atoms with Gasteiger partial charge in [0.05, 0.1) is 0 Å². The first-order valence-corrected chi connectivity index (χ1v) is 5.68. The number of nitrogens with two attached hydrogens (primary N) is 2. The molecule has 0 aromatic heterocycles. The highest BCUT2D eigenvalue weighted by atomic mass is 16.1. The van der Waals surface area contributed by atoms with E-state index in [0.717, 1.165) is 16.3 Å². The molecule has 2 aromatic rings. The van der Waals surface area contributed by atoms with Crippen molar-refractivity contribution in [2.24, 2.45) is 5.73 Å². The van der Waals surface area contributed by atoms with Crippen molar-refractivity contribution in [2.45, 2.75) is 20.8 Å². The van der Waals surface area contributed by atoms with Crippen molar-refractivity contribution in [2.75, 3.05) is 5.73 Å². The molecule has 0 radical (unpaired) electrons. The number of hydrogen-bond acceptors (Lipinski definition) is 2. The Hall–Kier alpha value is -2.03. The second kappa shape index (κ2) is 5.34. The zero-order chi connectivity index (χ0) is 13.0. The first kappa shape index (κ1) is 13.0. The van der Waals surface area contributed by atoms with Gasteiger partial charge in [-0.05, 0) is 36.1 Å². The molecule has 2 aromatic carbocycles. The SMILES string of the molecule is CC.Cc1cc2c(N)cccc2cc1C(N)=O. The number of carbonyl (C=O) groups is 1. The molecule has 3 heteroatoms. The van der Waals surface area contributed by atoms with Crippen molar-refractivity contribution >= 4 is 22.4 Å². The van der Waals surface area contributed by atoms with Gasteiger partial charge in [-0.2, -0.15) is 0 Å². The van der Waals surface area contributed by atoms with E-state index in [9.17, 15) is 4.79 Å². The monoisotopic (exact) mass is 230 g/mol. The number of rotatable bonds is 1. The molecule has 0 spiro atoms. The van der Waals surface area contributed by atoms with Crippen LogP contribution in [0.3, 0.4) is 0 Å². The van der Waals surface area contributed by atoms with Crippen LogP contribution in [0, 0.1) is 6.92 Å². The van der Waals surface area contributed by atoms with Gasteiger partial charge >= 0.3 is 0 Å². The van der Waals surface area contributed by atoms with Crippen LogP contribution < -0.4 is 11.5 Å². The highest BCUT2D eigenvalue weighted by Crippen LogP contribution is 2.24. The predicted octanol–water partition coefficient (Wildman–Crippen LogP) is 2.86. The van der Waals surface area contributed by atoms with Crippen LogP contribution in [0.5, 0.6) is 0 Å².